The summed E-state index contributed by atoms with van der Waals surface area (Å²) in [6.45, 7) is 3.67. The molecule has 0 fully saturated rings. The molecule has 6 nitrogen and oxygen atoms in total. The number of hydrogen-bond acceptors (Lipinski definition) is 5. The van der Waals surface area contributed by atoms with Crippen LogP contribution in [0.5, 0.6) is 0 Å². The van der Waals surface area contributed by atoms with E-state index < -0.39 is 11.8 Å². The van der Waals surface area contributed by atoms with Gasteiger partial charge >= 0.3 is 5.76 Å². The topological polar surface area (TPSA) is 77.1 Å². The third-order valence-corrected chi connectivity index (χ3v) is 4.99. The number of aryl methyl sites for hydroxylation is 1. The van der Waals surface area contributed by atoms with Crippen molar-refractivity contribution in [2.45, 2.75) is 19.9 Å². The largest absolute Gasteiger partial charge is 0.420 e. The van der Waals surface area contributed by atoms with Gasteiger partial charge in [-0.25, -0.2) is 9.78 Å². The maximum Gasteiger partial charge on any atom is 0.420 e. The van der Waals surface area contributed by atoms with Gasteiger partial charge in [-0.15, -0.1) is 0 Å². The van der Waals surface area contributed by atoms with Crippen molar-refractivity contribution in [2.75, 3.05) is 5.32 Å². The van der Waals surface area contributed by atoms with Crippen molar-refractivity contribution in [1.82, 2.24) is 9.55 Å². The molecule has 2 aromatic carbocycles. The summed E-state index contributed by atoms with van der Waals surface area (Å²) in [5, 5.41) is 3.31. The van der Waals surface area contributed by atoms with Gasteiger partial charge < -0.3 is 9.73 Å². The van der Waals surface area contributed by atoms with Crippen LogP contribution >= 0.6 is 11.3 Å². The Morgan fingerprint density at radius 2 is 2.08 bits per heavy atom. The Balaban J connectivity index is 1.65. The number of oxazole rings is 1. The van der Waals surface area contributed by atoms with E-state index in [1.165, 1.54) is 15.9 Å². The third-order valence-electron chi connectivity index (χ3n) is 4.06. The van der Waals surface area contributed by atoms with E-state index in [0.717, 1.165) is 15.8 Å². The number of amides is 1. The van der Waals surface area contributed by atoms with Crippen LogP contribution < -0.4 is 11.1 Å². The first-order valence-corrected chi connectivity index (χ1v) is 8.63. The molecule has 0 aliphatic heterocycles. The number of nitrogens with one attached hydrogen (secondary N) is 1. The van der Waals surface area contributed by atoms with Crippen molar-refractivity contribution >= 4 is 43.7 Å². The van der Waals surface area contributed by atoms with Crippen LogP contribution in [0.25, 0.3) is 21.3 Å². The fourth-order valence-corrected chi connectivity index (χ4v) is 3.73. The van der Waals surface area contributed by atoms with Gasteiger partial charge in [-0.2, -0.15) is 0 Å². The summed E-state index contributed by atoms with van der Waals surface area (Å²) < 4.78 is 7.55. The standard InChI is InChI=1S/C18H15N3O3S/c1-10-7-8-12-15(9-10)25-17(19-12)20-16(22)11(2)21-13-5-3-4-6-14(13)24-18(21)23/h3-9,11H,1-2H3,(H,19,20,22). The maximum atomic E-state index is 12.6. The van der Waals surface area contributed by atoms with E-state index in [9.17, 15) is 9.59 Å². The van der Waals surface area contributed by atoms with E-state index in [0.29, 0.717) is 16.2 Å². The predicted octanol–water partition coefficient (Wildman–Crippen LogP) is 3.71. The van der Waals surface area contributed by atoms with E-state index in [1.807, 2.05) is 25.1 Å². The van der Waals surface area contributed by atoms with Gasteiger partial charge in [0.1, 0.15) is 6.04 Å². The smallest absolute Gasteiger partial charge is 0.408 e. The maximum absolute atomic E-state index is 12.6. The number of carbonyl (C=O) groups is 1. The third kappa shape index (κ3) is 2.72. The second-order valence-electron chi connectivity index (χ2n) is 5.86. The Hall–Kier alpha value is -2.93. The second kappa shape index (κ2) is 5.86. The van der Waals surface area contributed by atoms with Crippen LogP contribution in [0.2, 0.25) is 0 Å². The van der Waals surface area contributed by atoms with E-state index in [2.05, 4.69) is 10.3 Å². The van der Waals surface area contributed by atoms with Gasteiger partial charge in [0, 0.05) is 0 Å². The zero-order chi connectivity index (χ0) is 17.6. The number of aromatic nitrogens is 2. The molecule has 0 aliphatic rings. The molecule has 0 aliphatic carbocycles. The number of thiazole rings is 1. The highest BCUT2D eigenvalue weighted by atomic mass is 32.1. The first-order chi connectivity index (χ1) is 12.0. The number of anilines is 1. The average Bonchev–Trinajstić information content (AvgIpc) is 3.12. The van der Waals surface area contributed by atoms with Crippen LogP contribution in [0.4, 0.5) is 5.13 Å². The quantitative estimate of drug-likeness (QED) is 0.609. The molecule has 1 amide bonds. The van der Waals surface area contributed by atoms with Gasteiger partial charge in [0.25, 0.3) is 0 Å². The molecule has 1 atom stereocenters. The average molecular weight is 353 g/mol. The molecule has 2 aromatic heterocycles. The first kappa shape index (κ1) is 15.6. The molecule has 2 heterocycles. The Morgan fingerprint density at radius 3 is 2.92 bits per heavy atom. The summed E-state index contributed by atoms with van der Waals surface area (Å²) in [4.78, 5) is 29.1. The highest BCUT2D eigenvalue weighted by Gasteiger charge is 2.22. The first-order valence-electron chi connectivity index (χ1n) is 7.81. The van der Waals surface area contributed by atoms with Crippen molar-refractivity contribution in [3.63, 3.8) is 0 Å². The Kier molecular flexibility index (Phi) is 3.65. The van der Waals surface area contributed by atoms with Gasteiger partial charge in [0.2, 0.25) is 5.91 Å². The number of fused-ring (bicyclic) bond motifs is 2. The molecule has 126 valence electrons. The van der Waals surface area contributed by atoms with Crippen molar-refractivity contribution in [3.8, 4) is 0 Å². The lowest BCUT2D eigenvalue weighted by Crippen LogP contribution is -2.29. The van der Waals surface area contributed by atoms with E-state index in [-0.39, 0.29) is 5.91 Å². The summed E-state index contributed by atoms with van der Waals surface area (Å²) in [6.07, 6.45) is 0. The van der Waals surface area contributed by atoms with Gasteiger partial charge in [-0.05, 0) is 43.7 Å². The summed E-state index contributed by atoms with van der Waals surface area (Å²) in [5.74, 6) is -0.867. The SMILES string of the molecule is Cc1ccc2nc(NC(=O)C(C)n3c(=O)oc4ccccc43)sc2c1. The van der Waals surface area contributed by atoms with E-state index in [1.54, 1.807) is 31.2 Å². The van der Waals surface area contributed by atoms with Gasteiger partial charge in [0.15, 0.2) is 10.7 Å². The lowest BCUT2D eigenvalue weighted by atomic mass is 10.2. The number of benzene rings is 2. The summed E-state index contributed by atoms with van der Waals surface area (Å²) in [7, 11) is 0. The molecule has 1 unspecified atom stereocenters. The van der Waals surface area contributed by atoms with Crippen LogP contribution in [-0.4, -0.2) is 15.5 Å². The highest BCUT2D eigenvalue weighted by molar-refractivity contribution is 7.22. The van der Waals surface area contributed by atoms with Crippen molar-refractivity contribution in [1.29, 1.82) is 0 Å². The minimum absolute atomic E-state index is 0.315. The number of para-hydroxylation sites is 2. The van der Waals surface area contributed by atoms with Gasteiger partial charge in [0.05, 0.1) is 15.7 Å². The predicted molar refractivity (Wildman–Crippen MR) is 98.2 cm³/mol. The number of nitrogens with zero attached hydrogens (tertiary/aromatic N) is 2. The molecular formula is C18H15N3O3S. The summed E-state index contributed by atoms with van der Waals surface area (Å²) in [6, 6.07) is 12.3. The number of rotatable bonds is 3. The molecule has 0 spiro atoms. The van der Waals surface area contributed by atoms with Gasteiger partial charge in [-0.1, -0.05) is 29.5 Å². The lowest BCUT2D eigenvalue weighted by Gasteiger charge is -2.11. The van der Waals surface area contributed by atoms with Crippen molar-refractivity contribution in [3.05, 3.63) is 58.6 Å². The van der Waals surface area contributed by atoms with Crippen LogP contribution in [-0.2, 0) is 4.79 Å². The zero-order valence-corrected chi connectivity index (χ0v) is 14.5. The monoisotopic (exact) mass is 353 g/mol. The lowest BCUT2D eigenvalue weighted by molar-refractivity contribution is -0.118. The Morgan fingerprint density at radius 1 is 1.28 bits per heavy atom. The van der Waals surface area contributed by atoms with E-state index >= 15 is 0 Å². The molecule has 0 radical (unpaired) electrons. The zero-order valence-electron chi connectivity index (χ0n) is 13.6. The van der Waals surface area contributed by atoms with Crippen molar-refractivity contribution < 1.29 is 9.21 Å². The van der Waals surface area contributed by atoms with Crippen LogP contribution in [0.15, 0.2) is 51.7 Å². The number of carbonyl (C=O) groups excluding carboxylic acids is 1. The molecule has 4 aromatic rings. The molecular weight excluding hydrogens is 338 g/mol. The Bertz CT molecular complexity index is 1160. The molecule has 0 saturated heterocycles. The molecule has 25 heavy (non-hydrogen) atoms. The number of hydrogen-bond donors (Lipinski definition) is 1. The molecule has 0 saturated carbocycles. The summed E-state index contributed by atoms with van der Waals surface area (Å²) >= 11 is 1.41. The van der Waals surface area contributed by atoms with Crippen LogP contribution in [0.1, 0.15) is 18.5 Å². The normalized spacial score (nSPS) is 12.6. The highest BCUT2D eigenvalue weighted by Crippen LogP contribution is 2.27. The second-order valence-corrected chi connectivity index (χ2v) is 6.89. The Labute approximate surface area is 146 Å². The molecule has 1 N–H and O–H groups in total. The minimum Gasteiger partial charge on any atom is -0.408 e. The van der Waals surface area contributed by atoms with Crippen LogP contribution in [0.3, 0.4) is 0 Å². The van der Waals surface area contributed by atoms with Crippen molar-refractivity contribution in [2.24, 2.45) is 0 Å². The fourth-order valence-electron chi connectivity index (χ4n) is 2.76. The van der Waals surface area contributed by atoms with Gasteiger partial charge in [-0.3, -0.25) is 9.36 Å². The minimum atomic E-state index is -0.718. The molecule has 0 bridgehead atoms. The van der Waals surface area contributed by atoms with Crippen LogP contribution in [0, 0.1) is 6.92 Å². The fraction of sp³-hybridized carbons (Fsp3) is 0.167. The van der Waals surface area contributed by atoms with E-state index in [4.69, 9.17) is 4.42 Å². The molecule has 4 rings (SSSR count). The molecule has 7 heteroatoms. The summed E-state index contributed by atoms with van der Waals surface area (Å²) in [5.41, 5.74) is 3.03.